The molecule has 2 aliphatic rings. The van der Waals surface area contributed by atoms with Crippen molar-refractivity contribution in [3.05, 3.63) is 35.9 Å². The maximum atomic E-state index is 13.4. The number of rotatable bonds is 7. The van der Waals surface area contributed by atoms with Gasteiger partial charge in [0.2, 0.25) is 5.91 Å². The largest absolute Gasteiger partial charge is 0.463 e. The van der Waals surface area contributed by atoms with Crippen LogP contribution in [0.4, 0.5) is 4.79 Å². The fraction of sp³-hybridized carbons (Fsp3) is 0.667. The van der Waals surface area contributed by atoms with Gasteiger partial charge in [0.05, 0.1) is 6.04 Å². The first-order chi connectivity index (χ1) is 19.2. The molecule has 40 heavy (non-hydrogen) atoms. The Hall–Kier alpha value is -3.14. The van der Waals surface area contributed by atoms with Crippen molar-refractivity contribution < 1.29 is 38.5 Å². The first-order valence-electron chi connectivity index (χ1n) is 14.5. The summed E-state index contributed by atoms with van der Waals surface area (Å²) in [7, 11) is 0. The minimum absolute atomic E-state index is 0.00674. The molecule has 0 spiro atoms. The van der Waals surface area contributed by atoms with E-state index in [4.69, 9.17) is 14.2 Å². The van der Waals surface area contributed by atoms with Gasteiger partial charge in [-0.25, -0.2) is 9.59 Å². The minimum Gasteiger partial charge on any atom is -0.463 e. The number of esters is 2. The molecule has 2 amide bonds. The quantitative estimate of drug-likeness (QED) is 0.338. The van der Waals surface area contributed by atoms with Gasteiger partial charge in [0, 0.05) is 6.42 Å². The molecule has 4 atom stereocenters. The number of alkyl carbamates (subject to hydrolysis) is 1. The van der Waals surface area contributed by atoms with Gasteiger partial charge >= 0.3 is 18.0 Å². The lowest BCUT2D eigenvalue weighted by atomic mass is 9.83. The zero-order valence-electron chi connectivity index (χ0n) is 23.6. The normalized spacial score (nSPS) is 25.8. The second kappa shape index (κ2) is 16.2. The lowest BCUT2D eigenvalue weighted by Gasteiger charge is -2.31. The zero-order chi connectivity index (χ0) is 28.9. The molecule has 0 radical (unpaired) electrons. The summed E-state index contributed by atoms with van der Waals surface area (Å²) >= 11 is 0. The highest BCUT2D eigenvalue weighted by Crippen LogP contribution is 2.28. The van der Waals surface area contributed by atoms with Crippen molar-refractivity contribution >= 4 is 23.9 Å². The van der Waals surface area contributed by atoms with Gasteiger partial charge in [-0.3, -0.25) is 9.59 Å². The minimum atomic E-state index is -1.57. The second-order valence-electron chi connectivity index (χ2n) is 11.3. The molecule has 3 N–H and O–H groups in total. The third-order valence-corrected chi connectivity index (χ3v) is 7.42. The first-order valence-corrected chi connectivity index (χ1v) is 14.5. The number of hydrogen-bond donors (Lipinski definition) is 3. The maximum absolute atomic E-state index is 13.4. The Morgan fingerprint density at radius 2 is 1.80 bits per heavy atom. The number of carbonyl (C=O) groups is 4. The Kier molecular flexibility index (Phi) is 12.7. The lowest BCUT2D eigenvalue weighted by Crippen LogP contribution is -2.56. The molecular formula is C30H44N2O8. The van der Waals surface area contributed by atoms with Crippen LogP contribution in [0.15, 0.2) is 30.3 Å². The number of nitrogens with one attached hydrogen (secondary N) is 2. The Balaban J connectivity index is 1.75. The van der Waals surface area contributed by atoms with Crippen molar-refractivity contribution in [2.75, 3.05) is 6.61 Å². The van der Waals surface area contributed by atoms with E-state index in [0.29, 0.717) is 25.7 Å². The molecule has 1 aliphatic heterocycles. The third-order valence-electron chi connectivity index (χ3n) is 7.42. The van der Waals surface area contributed by atoms with Crippen molar-refractivity contribution in [3.8, 4) is 0 Å². The van der Waals surface area contributed by atoms with Gasteiger partial charge < -0.3 is 30.0 Å². The smallest absolute Gasteiger partial charge is 0.408 e. The van der Waals surface area contributed by atoms with E-state index >= 15 is 0 Å². The summed E-state index contributed by atoms with van der Waals surface area (Å²) in [5.41, 5.74) is 0.768. The molecule has 222 valence electrons. The molecule has 10 heteroatoms. The summed E-state index contributed by atoms with van der Waals surface area (Å²) in [5, 5.41) is 16.3. The number of carbonyl (C=O) groups excluding carboxylic acids is 4. The van der Waals surface area contributed by atoms with Crippen molar-refractivity contribution in [3.63, 3.8) is 0 Å². The van der Waals surface area contributed by atoms with Crippen LogP contribution in [0.3, 0.4) is 0 Å². The van der Waals surface area contributed by atoms with Gasteiger partial charge in [0.1, 0.15) is 25.4 Å². The van der Waals surface area contributed by atoms with E-state index < -0.39 is 54.8 Å². The molecule has 10 nitrogen and oxygen atoms in total. The molecule has 1 aliphatic carbocycles. The summed E-state index contributed by atoms with van der Waals surface area (Å²) in [4.78, 5) is 51.4. The highest BCUT2D eigenvalue weighted by Gasteiger charge is 2.35. The van der Waals surface area contributed by atoms with Crippen LogP contribution in [0.2, 0.25) is 0 Å². The molecule has 3 rings (SSSR count). The Morgan fingerprint density at radius 1 is 1.07 bits per heavy atom. The standard InChI is InChI=1S/C30H44N2O8/c1-20(2)16-23-14-9-15-26(33)38-19-25(32-30(37)39-18-22-12-7-4-8-13-22)28(35)31-24(27(34)29(36)40-23)17-21-10-5-3-6-11-21/h4,7-8,12-13,20-21,23-25,27,34H,3,5-6,9-11,14-19H2,1-2H3,(H,31,35)(H,32,37)/t23?,24-,25-,27+/m0/s1. The van der Waals surface area contributed by atoms with Gasteiger partial charge in [-0.1, -0.05) is 76.3 Å². The molecule has 1 aromatic rings. The predicted molar refractivity (Wildman–Crippen MR) is 147 cm³/mol. The van der Waals surface area contributed by atoms with Gasteiger partial charge in [0.25, 0.3) is 0 Å². The lowest BCUT2D eigenvalue weighted by molar-refractivity contribution is -0.162. The summed E-state index contributed by atoms with van der Waals surface area (Å²) in [5.74, 6) is -1.53. The molecule has 1 unspecified atom stereocenters. The number of amides is 2. The fourth-order valence-electron chi connectivity index (χ4n) is 5.29. The third kappa shape index (κ3) is 10.8. The van der Waals surface area contributed by atoms with E-state index in [1.165, 1.54) is 0 Å². The van der Waals surface area contributed by atoms with E-state index in [1.807, 2.05) is 32.0 Å². The fourth-order valence-corrected chi connectivity index (χ4v) is 5.29. The average molecular weight is 561 g/mol. The zero-order valence-corrected chi connectivity index (χ0v) is 23.6. The van der Waals surface area contributed by atoms with E-state index in [9.17, 15) is 24.3 Å². The van der Waals surface area contributed by atoms with Gasteiger partial charge in [0.15, 0.2) is 6.10 Å². The summed E-state index contributed by atoms with van der Waals surface area (Å²) in [6, 6.07) is 6.86. The van der Waals surface area contributed by atoms with E-state index in [0.717, 1.165) is 37.7 Å². The van der Waals surface area contributed by atoms with Crippen LogP contribution in [0, 0.1) is 11.8 Å². The number of benzene rings is 1. The molecule has 0 bridgehead atoms. The molecule has 2 fully saturated rings. The number of aliphatic hydroxyl groups is 1. The van der Waals surface area contributed by atoms with Crippen molar-refractivity contribution in [2.45, 2.75) is 109 Å². The highest BCUT2D eigenvalue weighted by atomic mass is 16.6. The van der Waals surface area contributed by atoms with E-state index in [1.54, 1.807) is 12.1 Å². The summed E-state index contributed by atoms with van der Waals surface area (Å²) < 4.78 is 16.3. The SMILES string of the molecule is CC(C)CC1CCCC(=O)OC[C@H](NC(=O)OCc2ccccc2)C(=O)N[C@@H](CC2CCCCC2)[C@@H](O)C(=O)O1. The molecule has 1 heterocycles. The van der Waals surface area contributed by atoms with Crippen LogP contribution in [-0.2, 0) is 35.2 Å². The predicted octanol–water partition coefficient (Wildman–Crippen LogP) is 3.78. The van der Waals surface area contributed by atoms with Crippen LogP contribution in [0.25, 0.3) is 0 Å². The monoisotopic (exact) mass is 560 g/mol. The van der Waals surface area contributed by atoms with Gasteiger partial charge in [-0.2, -0.15) is 0 Å². The first kappa shape index (κ1) is 31.4. The molecule has 1 saturated carbocycles. The number of aliphatic hydroxyl groups excluding tert-OH is 1. The summed E-state index contributed by atoms with van der Waals surface area (Å²) in [6.07, 6.45) is 4.12. The topological polar surface area (TPSA) is 140 Å². The highest BCUT2D eigenvalue weighted by molar-refractivity contribution is 5.87. The van der Waals surface area contributed by atoms with E-state index in [2.05, 4.69) is 10.6 Å². The molecule has 1 aromatic carbocycles. The van der Waals surface area contributed by atoms with Gasteiger partial charge in [-0.15, -0.1) is 0 Å². The second-order valence-corrected chi connectivity index (χ2v) is 11.3. The van der Waals surface area contributed by atoms with Crippen LogP contribution < -0.4 is 10.6 Å². The number of ether oxygens (including phenoxy) is 3. The summed E-state index contributed by atoms with van der Waals surface area (Å²) in [6.45, 7) is 3.60. The van der Waals surface area contributed by atoms with Crippen LogP contribution in [-0.4, -0.2) is 59.9 Å². The Bertz CT molecular complexity index is 964. The van der Waals surface area contributed by atoms with Gasteiger partial charge in [-0.05, 0) is 43.1 Å². The number of cyclic esters (lactones) is 2. The van der Waals surface area contributed by atoms with Crippen molar-refractivity contribution in [1.29, 1.82) is 0 Å². The molecule has 0 aromatic heterocycles. The van der Waals surface area contributed by atoms with Crippen LogP contribution in [0.5, 0.6) is 0 Å². The number of hydrogen-bond acceptors (Lipinski definition) is 8. The maximum Gasteiger partial charge on any atom is 0.408 e. The Morgan fingerprint density at radius 3 is 2.50 bits per heavy atom. The van der Waals surface area contributed by atoms with Crippen LogP contribution >= 0.6 is 0 Å². The Labute approximate surface area is 236 Å². The average Bonchev–Trinajstić information content (AvgIpc) is 2.93. The molecular weight excluding hydrogens is 516 g/mol. The van der Waals surface area contributed by atoms with Crippen molar-refractivity contribution in [1.82, 2.24) is 10.6 Å². The molecule has 1 saturated heterocycles. The van der Waals surface area contributed by atoms with E-state index in [-0.39, 0.29) is 24.9 Å². The van der Waals surface area contributed by atoms with Crippen molar-refractivity contribution in [2.24, 2.45) is 11.8 Å². The van der Waals surface area contributed by atoms with Crippen LogP contribution in [0.1, 0.15) is 83.6 Å².